The second-order valence-corrected chi connectivity index (χ2v) is 5.52. The number of halogens is 1. The van der Waals surface area contributed by atoms with Gasteiger partial charge in [0.25, 0.3) is 0 Å². The zero-order chi connectivity index (χ0) is 12.2. The van der Waals surface area contributed by atoms with Gasteiger partial charge >= 0.3 is 0 Å². The van der Waals surface area contributed by atoms with Crippen LogP contribution >= 0.6 is 0 Å². The van der Waals surface area contributed by atoms with Gasteiger partial charge in [-0.3, -0.25) is 0 Å². The Kier molecular flexibility index (Phi) is 4.26. The molecule has 0 saturated carbocycles. The lowest BCUT2D eigenvalue weighted by Gasteiger charge is -2.08. The monoisotopic (exact) mass is 247 g/mol. The average molecular weight is 247 g/mol. The Morgan fingerprint density at radius 3 is 2.69 bits per heavy atom. The molecule has 1 aromatic carbocycles. The van der Waals surface area contributed by atoms with Gasteiger partial charge in [-0.2, -0.15) is 0 Å². The number of rotatable bonds is 5. The van der Waals surface area contributed by atoms with Crippen LogP contribution in [0.3, 0.4) is 0 Å². The Bertz CT molecular complexity index is 459. The van der Waals surface area contributed by atoms with Crippen LogP contribution in [0.15, 0.2) is 18.2 Å². The number of hydrogen-bond donors (Lipinski definition) is 1. The van der Waals surface area contributed by atoms with Gasteiger partial charge in [-0.1, -0.05) is 0 Å². The zero-order valence-corrected chi connectivity index (χ0v) is 9.76. The van der Waals surface area contributed by atoms with Gasteiger partial charge in [0.2, 0.25) is 0 Å². The Morgan fingerprint density at radius 1 is 1.44 bits per heavy atom. The third kappa shape index (κ3) is 3.46. The van der Waals surface area contributed by atoms with Crippen molar-refractivity contribution in [2.24, 2.45) is 5.73 Å². The van der Waals surface area contributed by atoms with Crippen molar-refractivity contribution in [2.75, 3.05) is 19.4 Å². The summed E-state index contributed by atoms with van der Waals surface area (Å²) in [6, 6.07) is 3.79. The molecule has 16 heavy (non-hydrogen) atoms. The van der Waals surface area contributed by atoms with E-state index in [1.807, 2.05) is 0 Å². The zero-order valence-electron chi connectivity index (χ0n) is 8.94. The molecule has 0 aliphatic carbocycles. The molecule has 0 aromatic heterocycles. The molecule has 1 aromatic rings. The lowest BCUT2D eigenvalue weighted by atomic mass is 10.2. The van der Waals surface area contributed by atoms with Crippen molar-refractivity contribution >= 4 is 9.84 Å². The van der Waals surface area contributed by atoms with Gasteiger partial charge in [0.15, 0.2) is 9.84 Å². The molecule has 0 unspecified atom stereocenters. The molecular weight excluding hydrogens is 233 g/mol. The van der Waals surface area contributed by atoms with Crippen molar-refractivity contribution in [3.63, 3.8) is 0 Å². The summed E-state index contributed by atoms with van der Waals surface area (Å²) in [5.74, 6) is -0.501. The summed E-state index contributed by atoms with van der Waals surface area (Å²) in [4.78, 5) is 0. The molecule has 2 N–H and O–H groups in total. The van der Waals surface area contributed by atoms with E-state index >= 15 is 0 Å². The minimum absolute atomic E-state index is 0.0555. The van der Waals surface area contributed by atoms with Crippen LogP contribution in [0.1, 0.15) is 5.56 Å². The van der Waals surface area contributed by atoms with Crippen LogP contribution < -0.4 is 10.5 Å². The first-order chi connectivity index (χ1) is 7.48. The quantitative estimate of drug-likeness (QED) is 0.832. The van der Waals surface area contributed by atoms with Gasteiger partial charge in [0.1, 0.15) is 11.6 Å². The number of benzene rings is 1. The fourth-order valence-corrected chi connectivity index (χ4v) is 2.55. The van der Waals surface area contributed by atoms with Gasteiger partial charge < -0.3 is 10.5 Å². The standard InChI is InChI=1S/C10H14FNO3S/c1-15-10-3-2-9(11)6-8(10)7-16(13,14)5-4-12/h2-3,6H,4-5,7,12H2,1H3. The first kappa shape index (κ1) is 12.9. The fourth-order valence-electron chi connectivity index (χ4n) is 1.35. The molecule has 0 saturated heterocycles. The van der Waals surface area contributed by atoms with E-state index in [0.29, 0.717) is 11.3 Å². The summed E-state index contributed by atoms with van der Waals surface area (Å²) in [6.07, 6.45) is 0. The van der Waals surface area contributed by atoms with Crippen LogP contribution in [0.4, 0.5) is 4.39 Å². The lowest BCUT2D eigenvalue weighted by Crippen LogP contribution is -2.17. The molecule has 0 radical (unpaired) electrons. The topological polar surface area (TPSA) is 69.4 Å². The highest BCUT2D eigenvalue weighted by Gasteiger charge is 2.15. The number of methoxy groups -OCH3 is 1. The highest BCUT2D eigenvalue weighted by molar-refractivity contribution is 7.90. The van der Waals surface area contributed by atoms with Crippen molar-refractivity contribution in [3.8, 4) is 5.75 Å². The molecule has 0 spiro atoms. The molecule has 0 amide bonds. The molecule has 90 valence electrons. The van der Waals surface area contributed by atoms with Crippen LogP contribution in [-0.2, 0) is 15.6 Å². The van der Waals surface area contributed by atoms with Gasteiger partial charge in [-0.25, -0.2) is 12.8 Å². The predicted octanol–water partition coefficient (Wildman–Crippen LogP) is 0.708. The molecule has 0 heterocycles. The number of sulfone groups is 1. The first-order valence-corrected chi connectivity index (χ1v) is 6.53. The maximum atomic E-state index is 13.0. The predicted molar refractivity (Wildman–Crippen MR) is 59.5 cm³/mol. The van der Waals surface area contributed by atoms with E-state index in [2.05, 4.69) is 0 Å². The third-order valence-corrected chi connectivity index (χ3v) is 3.66. The molecule has 4 nitrogen and oxygen atoms in total. The second kappa shape index (κ2) is 5.27. The van der Waals surface area contributed by atoms with Gasteiger partial charge in [0, 0.05) is 12.1 Å². The molecular formula is C10H14FNO3S. The van der Waals surface area contributed by atoms with Gasteiger partial charge in [-0.05, 0) is 18.2 Å². The van der Waals surface area contributed by atoms with E-state index in [0.717, 1.165) is 6.07 Å². The normalized spacial score (nSPS) is 11.4. The highest BCUT2D eigenvalue weighted by atomic mass is 32.2. The van der Waals surface area contributed by atoms with Crippen LogP contribution in [0.2, 0.25) is 0 Å². The summed E-state index contributed by atoms with van der Waals surface area (Å²) < 4.78 is 41.0. The number of ether oxygens (including phenoxy) is 1. The number of hydrogen-bond acceptors (Lipinski definition) is 4. The third-order valence-electron chi connectivity index (χ3n) is 2.05. The van der Waals surface area contributed by atoms with Crippen molar-refractivity contribution in [2.45, 2.75) is 5.75 Å². The molecule has 1 rings (SSSR count). The van der Waals surface area contributed by atoms with Crippen LogP contribution in [0.5, 0.6) is 5.75 Å². The molecule has 0 aliphatic heterocycles. The van der Waals surface area contributed by atoms with Crippen molar-refractivity contribution in [1.29, 1.82) is 0 Å². The van der Waals surface area contributed by atoms with Crippen LogP contribution in [0, 0.1) is 5.82 Å². The van der Waals surface area contributed by atoms with Crippen molar-refractivity contribution in [1.82, 2.24) is 0 Å². The summed E-state index contributed by atoms with van der Waals surface area (Å²) in [7, 11) is -1.90. The van der Waals surface area contributed by atoms with Crippen molar-refractivity contribution in [3.05, 3.63) is 29.6 Å². The summed E-state index contributed by atoms with van der Waals surface area (Å²) in [5.41, 5.74) is 5.50. The Labute approximate surface area is 94.1 Å². The maximum absolute atomic E-state index is 13.0. The summed E-state index contributed by atoms with van der Waals surface area (Å²) in [6.45, 7) is 0.0555. The van der Waals surface area contributed by atoms with Crippen LogP contribution in [0.25, 0.3) is 0 Å². The fraction of sp³-hybridized carbons (Fsp3) is 0.400. The van der Waals surface area contributed by atoms with E-state index in [1.165, 1.54) is 19.2 Å². The SMILES string of the molecule is COc1ccc(F)cc1CS(=O)(=O)CCN. The molecule has 6 heteroatoms. The minimum atomic E-state index is -3.31. The number of nitrogens with two attached hydrogens (primary N) is 1. The largest absolute Gasteiger partial charge is 0.496 e. The Morgan fingerprint density at radius 2 is 2.12 bits per heavy atom. The van der Waals surface area contributed by atoms with Crippen LogP contribution in [-0.4, -0.2) is 27.8 Å². The lowest BCUT2D eigenvalue weighted by molar-refractivity contribution is 0.409. The van der Waals surface area contributed by atoms with Gasteiger partial charge in [-0.15, -0.1) is 0 Å². The van der Waals surface area contributed by atoms with E-state index in [1.54, 1.807) is 0 Å². The van der Waals surface area contributed by atoms with E-state index in [9.17, 15) is 12.8 Å². The van der Waals surface area contributed by atoms with E-state index in [-0.39, 0.29) is 18.1 Å². The smallest absolute Gasteiger partial charge is 0.155 e. The highest BCUT2D eigenvalue weighted by Crippen LogP contribution is 2.21. The van der Waals surface area contributed by atoms with Crippen molar-refractivity contribution < 1.29 is 17.5 Å². The Balaban J connectivity index is 3.00. The molecule has 0 aliphatic rings. The van der Waals surface area contributed by atoms with Gasteiger partial charge in [0.05, 0.1) is 18.6 Å². The maximum Gasteiger partial charge on any atom is 0.155 e. The van der Waals surface area contributed by atoms with E-state index in [4.69, 9.17) is 10.5 Å². The molecule has 0 bridgehead atoms. The first-order valence-electron chi connectivity index (χ1n) is 4.71. The Hall–Kier alpha value is -1.14. The molecule has 0 fully saturated rings. The average Bonchev–Trinajstić information content (AvgIpc) is 2.17. The molecule has 0 atom stereocenters. The minimum Gasteiger partial charge on any atom is -0.496 e. The second-order valence-electron chi connectivity index (χ2n) is 3.34. The van der Waals surface area contributed by atoms with E-state index < -0.39 is 15.7 Å². The summed E-state index contributed by atoms with van der Waals surface area (Å²) >= 11 is 0. The summed E-state index contributed by atoms with van der Waals surface area (Å²) in [5, 5.41) is 0.